The summed E-state index contributed by atoms with van der Waals surface area (Å²) in [5.41, 5.74) is 1.09. The summed E-state index contributed by atoms with van der Waals surface area (Å²) in [6.45, 7) is 6.95. The van der Waals surface area contributed by atoms with Crippen LogP contribution < -0.4 is 14.9 Å². The number of aryl methyl sites for hydroxylation is 1. The molecule has 12 heteroatoms. The first-order valence-electron chi connectivity index (χ1n) is 12.1. The van der Waals surface area contributed by atoms with E-state index in [2.05, 4.69) is 15.6 Å². The minimum Gasteiger partial charge on any atom is -0.444 e. The predicted octanol–water partition coefficient (Wildman–Crippen LogP) is 5.59. The number of hydrogen-bond donors (Lipinski definition) is 2. The maximum atomic E-state index is 13.8. The molecule has 0 radical (unpaired) electrons. The van der Waals surface area contributed by atoms with Crippen LogP contribution in [-0.2, 0) is 21.2 Å². The maximum absolute atomic E-state index is 13.8. The lowest BCUT2D eigenvalue weighted by Crippen LogP contribution is -2.51. The van der Waals surface area contributed by atoms with Gasteiger partial charge in [-0.25, -0.2) is 13.2 Å². The van der Waals surface area contributed by atoms with E-state index in [0.717, 1.165) is 5.56 Å². The molecule has 1 aromatic heterocycles. The smallest absolute Gasteiger partial charge is 0.407 e. The molecule has 2 N–H and O–H groups in total. The topological polar surface area (TPSA) is 118 Å². The first-order chi connectivity index (χ1) is 18.2. The summed E-state index contributed by atoms with van der Waals surface area (Å²) >= 11 is 12.3. The number of aromatic nitrogens is 1. The number of benzene rings is 2. The Labute approximate surface area is 237 Å². The van der Waals surface area contributed by atoms with Crippen LogP contribution in [0.15, 0.2) is 59.6 Å². The number of hydrogen-bond acceptors (Lipinski definition) is 6. The van der Waals surface area contributed by atoms with Crippen LogP contribution in [0.1, 0.15) is 42.4 Å². The molecule has 2 aromatic carbocycles. The number of anilines is 2. The molecule has 1 aliphatic heterocycles. The number of rotatable bonds is 5. The van der Waals surface area contributed by atoms with Gasteiger partial charge in [-0.05, 0) is 63.6 Å². The highest BCUT2D eigenvalue weighted by Gasteiger charge is 2.36. The van der Waals surface area contributed by atoms with E-state index in [1.807, 2.05) is 0 Å². The number of fused-ring (bicyclic) bond motifs is 1. The molecule has 0 aliphatic carbocycles. The van der Waals surface area contributed by atoms with Gasteiger partial charge in [0.2, 0.25) is 0 Å². The van der Waals surface area contributed by atoms with Crippen molar-refractivity contribution in [1.29, 1.82) is 0 Å². The number of sulfonamides is 1. The van der Waals surface area contributed by atoms with Crippen LogP contribution >= 0.6 is 23.2 Å². The zero-order valence-electron chi connectivity index (χ0n) is 21.8. The van der Waals surface area contributed by atoms with E-state index < -0.39 is 33.7 Å². The van der Waals surface area contributed by atoms with Crippen LogP contribution in [0.4, 0.5) is 16.2 Å². The number of halogens is 2. The number of alkyl carbamates (subject to hydrolysis) is 1. The average molecular weight is 592 g/mol. The van der Waals surface area contributed by atoms with Crippen LogP contribution in [0.5, 0.6) is 0 Å². The van der Waals surface area contributed by atoms with Crippen LogP contribution in [0.3, 0.4) is 0 Å². The van der Waals surface area contributed by atoms with Crippen LogP contribution in [-0.4, -0.2) is 43.6 Å². The van der Waals surface area contributed by atoms with E-state index in [-0.39, 0.29) is 44.8 Å². The van der Waals surface area contributed by atoms with Crippen molar-refractivity contribution < 1.29 is 22.7 Å². The normalized spacial score (nSPS) is 15.3. The number of nitrogens with one attached hydrogen (secondary N) is 2. The molecule has 9 nitrogen and oxygen atoms in total. The van der Waals surface area contributed by atoms with Crippen LogP contribution in [0.2, 0.25) is 10.0 Å². The fourth-order valence-corrected chi connectivity index (χ4v) is 6.33. The molecule has 206 valence electrons. The summed E-state index contributed by atoms with van der Waals surface area (Å²) in [6, 6.07) is 12.2. The summed E-state index contributed by atoms with van der Waals surface area (Å²) in [5, 5.41) is 5.80. The van der Waals surface area contributed by atoms with Crippen molar-refractivity contribution in [2.24, 2.45) is 0 Å². The molecule has 1 unspecified atom stereocenters. The van der Waals surface area contributed by atoms with Gasteiger partial charge in [0.15, 0.2) is 0 Å². The van der Waals surface area contributed by atoms with Gasteiger partial charge < -0.3 is 15.4 Å². The number of amides is 2. The zero-order chi connectivity index (χ0) is 28.5. The Morgan fingerprint density at radius 2 is 1.74 bits per heavy atom. The highest BCUT2D eigenvalue weighted by atomic mass is 35.5. The minimum absolute atomic E-state index is 0.0715. The Balaban J connectivity index is 1.71. The van der Waals surface area contributed by atoms with Crippen molar-refractivity contribution in [2.45, 2.75) is 50.7 Å². The van der Waals surface area contributed by atoms with E-state index >= 15 is 0 Å². The quantitative estimate of drug-likeness (QED) is 0.399. The maximum Gasteiger partial charge on any atom is 0.407 e. The molecule has 0 saturated carbocycles. The fourth-order valence-electron chi connectivity index (χ4n) is 4.13. The van der Waals surface area contributed by atoms with Gasteiger partial charge in [-0.1, -0.05) is 41.4 Å². The lowest BCUT2D eigenvalue weighted by Gasteiger charge is -2.35. The van der Waals surface area contributed by atoms with E-state index in [9.17, 15) is 18.0 Å². The minimum atomic E-state index is -4.07. The standard InChI is InChI=1S/C27H28Cl2N4O5S/c1-16-7-5-8-19(11-16)39(36,37)33-15-18(32-26(35)38-27(2,3)4)12-22-23(33)13-17(14-30-22)31-25(34)24-20(28)9-6-10-21(24)29/h5-11,13-14,18H,12,15H2,1-4H3,(H,31,34)(H,32,35). The first-order valence-corrected chi connectivity index (χ1v) is 14.3. The predicted molar refractivity (Wildman–Crippen MR) is 151 cm³/mol. The zero-order valence-corrected chi connectivity index (χ0v) is 24.1. The third-order valence-electron chi connectivity index (χ3n) is 5.79. The fraction of sp³-hybridized carbons (Fsp3) is 0.296. The summed E-state index contributed by atoms with van der Waals surface area (Å²) in [6.07, 6.45) is 0.998. The molecular weight excluding hydrogens is 563 g/mol. The SMILES string of the molecule is Cc1cccc(S(=O)(=O)N2CC(NC(=O)OC(C)(C)C)Cc3ncc(NC(=O)c4c(Cl)cccc4Cl)cc32)c1. The summed E-state index contributed by atoms with van der Waals surface area (Å²) in [4.78, 5) is 30.0. The monoisotopic (exact) mass is 590 g/mol. The molecule has 1 atom stereocenters. The van der Waals surface area contributed by atoms with Gasteiger partial charge >= 0.3 is 6.09 Å². The van der Waals surface area contributed by atoms with Crippen molar-refractivity contribution in [1.82, 2.24) is 10.3 Å². The van der Waals surface area contributed by atoms with Crippen LogP contribution in [0.25, 0.3) is 0 Å². The van der Waals surface area contributed by atoms with Gasteiger partial charge in [0.05, 0.1) is 56.4 Å². The number of pyridine rings is 1. The molecule has 39 heavy (non-hydrogen) atoms. The third-order valence-corrected chi connectivity index (χ3v) is 8.19. The van der Waals surface area contributed by atoms with Crippen molar-refractivity contribution in [3.63, 3.8) is 0 Å². The molecule has 0 fully saturated rings. The van der Waals surface area contributed by atoms with Crippen molar-refractivity contribution in [3.8, 4) is 0 Å². The van der Waals surface area contributed by atoms with Crippen molar-refractivity contribution in [3.05, 3.63) is 81.6 Å². The van der Waals surface area contributed by atoms with Gasteiger partial charge in [-0.2, -0.15) is 0 Å². The molecule has 2 heterocycles. The largest absolute Gasteiger partial charge is 0.444 e. The van der Waals surface area contributed by atoms with Crippen molar-refractivity contribution in [2.75, 3.05) is 16.2 Å². The Morgan fingerprint density at radius 1 is 1.08 bits per heavy atom. The molecule has 1 aliphatic rings. The lowest BCUT2D eigenvalue weighted by molar-refractivity contribution is 0.0505. The summed E-state index contributed by atoms with van der Waals surface area (Å²) < 4.78 is 34.2. The third kappa shape index (κ3) is 6.63. The second-order valence-electron chi connectivity index (χ2n) is 10.1. The Morgan fingerprint density at radius 3 is 2.38 bits per heavy atom. The second kappa shape index (κ2) is 11.0. The first kappa shape index (κ1) is 28.7. The van der Waals surface area contributed by atoms with E-state index in [4.69, 9.17) is 27.9 Å². The Kier molecular flexibility index (Phi) is 8.11. The number of nitrogens with zero attached hydrogens (tertiary/aromatic N) is 2. The highest BCUT2D eigenvalue weighted by Crippen LogP contribution is 2.34. The van der Waals surface area contributed by atoms with E-state index in [0.29, 0.717) is 5.69 Å². The Bertz CT molecular complexity index is 1520. The molecular formula is C27H28Cl2N4O5S. The number of carbonyl (C=O) groups excluding carboxylic acids is 2. The molecule has 0 spiro atoms. The van der Waals surface area contributed by atoms with Crippen molar-refractivity contribution >= 4 is 56.6 Å². The van der Waals surface area contributed by atoms with Gasteiger partial charge in [-0.3, -0.25) is 14.1 Å². The van der Waals surface area contributed by atoms with Gasteiger partial charge in [0.25, 0.3) is 15.9 Å². The summed E-state index contributed by atoms with van der Waals surface area (Å²) in [7, 11) is -4.07. The molecule has 3 aromatic rings. The number of carbonyl (C=O) groups is 2. The summed E-state index contributed by atoms with van der Waals surface area (Å²) in [5.74, 6) is -0.569. The van der Waals surface area contributed by atoms with E-state index in [1.165, 1.54) is 22.6 Å². The average Bonchev–Trinajstić information content (AvgIpc) is 2.82. The Hall–Kier alpha value is -3.34. The second-order valence-corrected chi connectivity index (χ2v) is 12.8. The molecule has 4 rings (SSSR count). The number of ether oxygens (including phenoxy) is 1. The molecule has 0 saturated heterocycles. The lowest BCUT2D eigenvalue weighted by atomic mass is 10.0. The van der Waals surface area contributed by atoms with Gasteiger partial charge in [-0.15, -0.1) is 0 Å². The van der Waals surface area contributed by atoms with Gasteiger partial charge in [0, 0.05) is 6.42 Å². The van der Waals surface area contributed by atoms with E-state index in [1.54, 1.807) is 64.1 Å². The molecule has 0 bridgehead atoms. The van der Waals surface area contributed by atoms with Crippen LogP contribution in [0, 0.1) is 6.92 Å². The molecule has 2 amide bonds. The van der Waals surface area contributed by atoms with Gasteiger partial charge in [0.1, 0.15) is 5.60 Å². The highest BCUT2D eigenvalue weighted by molar-refractivity contribution is 7.92.